The van der Waals surface area contributed by atoms with Gasteiger partial charge in [-0.15, -0.1) is 5.10 Å². The monoisotopic (exact) mass is 273 g/mol. The first kappa shape index (κ1) is 14.0. The summed E-state index contributed by atoms with van der Waals surface area (Å²) in [5, 5.41) is 10.5. The number of amides is 1. The first-order chi connectivity index (χ1) is 9.75. The van der Waals surface area contributed by atoms with Gasteiger partial charge in [0.05, 0.1) is 6.20 Å². The average molecular weight is 273 g/mol. The molecule has 0 spiro atoms. The number of aromatic nitrogens is 3. The molecule has 0 aliphatic rings. The predicted molar refractivity (Wildman–Crippen MR) is 76.8 cm³/mol. The molecule has 0 saturated heterocycles. The van der Waals surface area contributed by atoms with Crippen molar-refractivity contribution in [1.29, 1.82) is 0 Å². The van der Waals surface area contributed by atoms with Crippen LogP contribution in [0.15, 0.2) is 36.7 Å². The Bertz CT molecular complexity index is 538. The van der Waals surface area contributed by atoms with E-state index in [0.29, 0.717) is 19.4 Å². The van der Waals surface area contributed by atoms with Crippen LogP contribution in [0.3, 0.4) is 0 Å². The summed E-state index contributed by atoms with van der Waals surface area (Å²) in [4.78, 5) is 11.7. The van der Waals surface area contributed by atoms with Gasteiger partial charge in [0.15, 0.2) is 0 Å². The van der Waals surface area contributed by atoms with Crippen molar-refractivity contribution in [2.45, 2.75) is 25.8 Å². The van der Waals surface area contributed by atoms with Gasteiger partial charge in [0.1, 0.15) is 0 Å². The zero-order valence-corrected chi connectivity index (χ0v) is 11.3. The molecule has 0 fully saturated rings. The predicted octanol–water partition coefficient (Wildman–Crippen LogP) is 0.999. The van der Waals surface area contributed by atoms with Crippen molar-refractivity contribution < 1.29 is 4.79 Å². The number of carbonyl (C=O) groups excluding carboxylic acids is 1. The van der Waals surface area contributed by atoms with Gasteiger partial charge in [-0.1, -0.05) is 23.4 Å². The molecule has 6 nitrogen and oxygen atoms in total. The van der Waals surface area contributed by atoms with Gasteiger partial charge in [0.25, 0.3) is 0 Å². The number of carbonyl (C=O) groups is 1. The highest BCUT2D eigenvalue weighted by molar-refractivity contribution is 5.76. The molecule has 0 atom stereocenters. The summed E-state index contributed by atoms with van der Waals surface area (Å²) in [6.45, 7) is 1.40. The van der Waals surface area contributed by atoms with E-state index in [-0.39, 0.29) is 5.91 Å². The molecule has 0 saturated carbocycles. The van der Waals surface area contributed by atoms with Crippen molar-refractivity contribution in [2.24, 2.45) is 0 Å². The highest BCUT2D eigenvalue weighted by Crippen LogP contribution is 2.12. The summed E-state index contributed by atoms with van der Waals surface area (Å²) in [5.41, 5.74) is 7.60. The van der Waals surface area contributed by atoms with E-state index in [0.717, 1.165) is 24.2 Å². The summed E-state index contributed by atoms with van der Waals surface area (Å²) in [5.74, 6) is 0.0480. The van der Waals surface area contributed by atoms with Crippen LogP contribution in [0, 0.1) is 0 Å². The molecule has 1 aromatic carbocycles. The molecule has 0 unspecified atom stereocenters. The fraction of sp³-hybridized carbons (Fsp3) is 0.357. The number of aryl methyl sites for hydroxylation is 2. The maximum atomic E-state index is 11.7. The Morgan fingerprint density at radius 3 is 2.95 bits per heavy atom. The Labute approximate surface area is 118 Å². The van der Waals surface area contributed by atoms with Gasteiger partial charge in [-0.05, 0) is 24.5 Å². The largest absolute Gasteiger partial charge is 0.399 e. The van der Waals surface area contributed by atoms with Crippen LogP contribution in [0.1, 0.15) is 18.4 Å². The SMILES string of the molecule is Nc1ccccc1CCC(=O)NCCCn1ccnn1. The molecule has 106 valence electrons. The third-order valence-corrected chi connectivity index (χ3v) is 3.03. The van der Waals surface area contributed by atoms with E-state index in [1.54, 1.807) is 17.1 Å². The Hall–Kier alpha value is -2.37. The minimum Gasteiger partial charge on any atom is -0.399 e. The first-order valence-electron chi connectivity index (χ1n) is 6.70. The number of hydrogen-bond acceptors (Lipinski definition) is 4. The summed E-state index contributed by atoms with van der Waals surface area (Å²) >= 11 is 0. The van der Waals surface area contributed by atoms with Gasteiger partial charge in [0.2, 0.25) is 5.91 Å². The fourth-order valence-electron chi connectivity index (χ4n) is 1.92. The Morgan fingerprint density at radius 2 is 2.20 bits per heavy atom. The number of nitrogens with two attached hydrogens (primary N) is 1. The van der Waals surface area contributed by atoms with E-state index in [4.69, 9.17) is 5.73 Å². The molecule has 1 amide bonds. The molecule has 20 heavy (non-hydrogen) atoms. The molecule has 1 heterocycles. The molecule has 2 rings (SSSR count). The van der Waals surface area contributed by atoms with Crippen LogP contribution < -0.4 is 11.1 Å². The number of benzene rings is 1. The van der Waals surface area contributed by atoms with Crippen molar-refractivity contribution in [3.05, 3.63) is 42.2 Å². The third-order valence-electron chi connectivity index (χ3n) is 3.03. The smallest absolute Gasteiger partial charge is 0.220 e. The van der Waals surface area contributed by atoms with E-state index in [9.17, 15) is 4.79 Å². The number of nitrogens with zero attached hydrogens (tertiary/aromatic N) is 3. The second-order valence-electron chi connectivity index (χ2n) is 4.57. The number of nitrogens with one attached hydrogen (secondary N) is 1. The van der Waals surface area contributed by atoms with E-state index < -0.39 is 0 Å². The summed E-state index contributed by atoms with van der Waals surface area (Å²) < 4.78 is 1.75. The third kappa shape index (κ3) is 4.38. The lowest BCUT2D eigenvalue weighted by molar-refractivity contribution is -0.121. The van der Waals surface area contributed by atoms with E-state index in [1.807, 2.05) is 24.3 Å². The van der Waals surface area contributed by atoms with Gasteiger partial charge in [0, 0.05) is 31.4 Å². The molecule has 6 heteroatoms. The maximum absolute atomic E-state index is 11.7. The van der Waals surface area contributed by atoms with Crippen molar-refractivity contribution >= 4 is 11.6 Å². The minimum absolute atomic E-state index is 0.0480. The van der Waals surface area contributed by atoms with E-state index in [2.05, 4.69) is 15.6 Å². The summed E-state index contributed by atoms with van der Waals surface area (Å²) in [7, 11) is 0. The molecular formula is C14H19N5O. The Kier molecular flexibility index (Phi) is 5.11. The van der Waals surface area contributed by atoms with Gasteiger partial charge >= 0.3 is 0 Å². The lowest BCUT2D eigenvalue weighted by Crippen LogP contribution is -2.25. The van der Waals surface area contributed by atoms with E-state index in [1.165, 1.54) is 0 Å². The molecule has 0 aliphatic heterocycles. The van der Waals surface area contributed by atoms with Crippen LogP contribution in [-0.4, -0.2) is 27.4 Å². The second kappa shape index (κ2) is 7.28. The topological polar surface area (TPSA) is 85.8 Å². The normalized spacial score (nSPS) is 10.4. The van der Waals surface area contributed by atoms with Crippen molar-refractivity contribution in [2.75, 3.05) is 12.3 Å². The number of nitrogen functional groups attached to an aromatic ring is 1. The van der Waals surface area contributed by atoms with Crippen molar-refractivity contribution in [1.82, 2.24) is 20.3 Å². The van der Waals surface area contributed by atoms with Crippen LogP contribution in [0.5, 0.6) is 0 Å². The zero-order chi connectivity index (χ0) is 14.2. The van der Waals surface area contributed by atoms with Gasteiger partial charge in [-0.3, -0.25) is 9.48 Å². The number of rotatable bonds is 7. The van der Waals surface area contributed by atoms with Crippen LogP contribution in [0.4, 0.5) is 5.69 Å². The van der Waals surface area contributed by atoms with E-state index >= 15 is 0 Å². The van der Waals surface area contributed by atoms with Crippen LogP contribution in [-0.2, 0) is 17.8 Å². The Balaban J connectivity index is 1.62. The highest BCUT2D eigenvalue weighted by atomic mass is 16.1. The standard InChI is InChI=1S/C14H19N5O/c15-13-5-2-1-4-12(13)6-7-14(20)16-8-3-10-19-11-9-17-18-19/h1-2,4-5,9,11H,3,6-8,10,15H2,(H,16,20). The van der Waals surface area contributed by atoms with Crippen LogP contribution in [0.25, 0.3) is 0 Å². The van der Waals surface area contributed by atoms with Crippen molar-refractivity contribution in [3.8, 4) is 0 Å². The summed E-state index contributed by atoms with van der Waals surface area (Å²) in [6.07, 6.45) is 5.41. The first-order valence-corrected chi connectivity index (χ1v) is 6.70. The molecular weight excluding hydrogens is 254 g/mol. The van der Waals surface area contributed by atoms with Crippen LogP contribution >= 0.6 is 0 Å². The van der Waals surface area contributed by atoms with Gasteiger partial charge < -0.3 is 11.1 Å². The van der Waals surface area contributed by atoms with Crippen LogP contribution in [0.2, 0.25) is 0 Å². The minimum atomic E-state index is 0.0480. The lowest BCUT2D eigenvalue weighted by Gasteiger charge is -2.07. The molecule has 1 aromatic heterocycles. The number of anilines is 1. The molecule has 3 N–H and O–H groups in total. The average Bonchev–Trinajstić information content (AvgIpc) is 2.96. The lowest BCUT2D eigenvalue weighted by atomic mass is 10.1. The maximum Gasteiger partial charge on any atom is 0.220 e. The van der Waals surface area contributed by atoms with Gasteiger partial charge in [-0.25, -0.2) is 0 Å². The second-order valence-corrected chi connectivity index (χ2v) is 4.57. The van der Waals surface area contributed by atoms with Gasteiger partial charge in [-0.2, -0.15) is 0 Å². The Morgan fingerprint density at radius 1 is 1.35 bits per heavy atom. The molecule has 0 aliphatic carbocycles. The number of para-hydroxylation sites is 1. The fourth-order valence-corrected chi connectivity index (χ4v) is 1.92. The highest BCUT2D eigenvalue weighted by Gasteiger charge is 2.03. The molecule has 0 bridgehead atoms. The quantitative estimate of drug-likeness (QED) is 0.582. The summed E-state index contributed by atoms with van der Waals surface area (Å²) in [6, 6.07) is 7.63. The zero-order valence-electron chi connectivity index (χ0n) is 11.3. The van der Waals surface area contributed by atoms with Crippen molar-refractivity contribution in [3.63, 3.8) is 0 Å². The molecule has 0 radical (unpaired) electrons. The molecule has 2 aromatic rings. The number of hydrogen-bond donors (Lipinski definition) is 2.